The second-order valence-electron chi connectivity index (χ2n) is 8.06. The maximum absolute atomic E-state index is 12.1. The van der Waals surface area contributed by atoms with Crippen LogP contribution in [-0.4, -0.2) is 36.2 Å². The van der Waals surface area contributed by atoms with Gasteiger partial charge in [0.05, 0.1) is 18.8 Å². The van der Waals surface area contributed by atoms with Gasteiger partial charge in [-0.2, -0.15) is 0 Å². The van der Waals surface area contributed by atoms with E-state index in [-0.39, 0.29) is 18.8 Å². The van der Waals surface area contributed by atoms with Crippen LogP contribution >= 0.6 is 46.6 Å². The van der Waals surface area contributed by atoms with Crippen LogP contribution < -0.4 is 5.32 Å². The number of aliphatic hydroxyl groups is 1. The summed E-state index contributed by atoms with van der Waals surface area (Å²) in [7, 11) is 1.95. The molecule has 2 N–H and O–H groups in total. The van der Waals surface area contributed by atoms with Crippen molar-refractivity contribution in [3.63, 3.8) is 0 Å². The van der Waals surface area contributed by atoms with Gasteiger partial charge in [-0.15, -0.1) is 0 Å². The number of amides is 1. The Morgan fingerprint density at radius 1 is 1.20 bits per heavy atom. The summed E-state index contributed by atoms with van der Waals surface area (Å²) in [5, 5.41) is 12.9. The molecule has 0 saturated carbocycles. The third-order valence-electron chi connectivity index (χ3n) is 5.46. The molecule has 0 spiro atoms. The van der Waals surface area contributed by atoms with Gasteiger partial charge >= 0.3 is 0 Å². The lowest BCUT2D eigenvalue weighted by atomic mass is 10.0. The van der Waals surface area contributed by atoms with E-state index in [2.05, 4.69) is 10.3 Å². The van der Waals surface area contributed by atoms with E-state index in [1.165, 1.54) is 0 Å². The van der Waals surface area contributed by atoms with Gasteiger partial charge < -0.3 is 24.5 Å². The molecule has 1 amide bonds. The fourth-order valence-corrected chi connectivity index (χ4v) is 4.74. The van der Waals surface area contributed by atoms with E-state index in [1.54, 1.807) is 36.2 Å². The third-order valence-corrected chi connectivity index (χ3v) is 7.17. The normalized spacial score (nSPS) is 20.5. The van der Waals surface area contributed by atoms with E-state index in [1.807, 2.05) is 48.1 Å². The van der Waals surface area contributed by atoms with Crippen molar-refractivity contribution in [2.24, 2.45) is 7.05 Å². The Balaban J connectivity index is 1.55. The number of hydrogen-bond donors (Lipinski definition) is 2. The Labute approximate surface area is 222 Å². The van der Waals surface area contributed by atoms with Crippen LogP contribution in [0, 0.1) is 0 Å². The summed E-state index contributed by atoms with van der Waals surface area (Å²) in [5.41, 5.74) is 3.00. The molecule has 7 nitrogen and oxygen atoms in total. The Kier molecular flexibility index (Phi) is 8.65. The number of ether oxygens (including phenoxy) is 2. The number of aromatic nitrogens is 2. The van der Waals surface area contributed by atoms with E-state index >= 15 is 0 Å². The molecule has 1 fully saturated rings. The molecule has 4 rings (SSSR count). The van der Waals surface area contributed by atoms with Gasteiger partial charge in [0.25, 0.3) is 9.70 Å². The molecule has 1 aliphatic rings. The van der Waals surface area contributed by atoms with Crippen LogP contribution in [0.4, 0.5) is 5.69 Å². The average molecular weight is 557 g/mol. The number of alkyl halides is 3. The first-order chi connectivity index (χ1) is 16.7. The van der Waals surface area contributed by atoms with Crippen molar-refractivity contribution in [3.8, 4) is 0 Å². The predicted octanol–water partition coefficient (Wildman–Crippen LogP) is 5.56. The van der Waals surface area contributed by atoms with Gasteiger partial charge in [0, 0.05) is 42.9 Å². The Bertz CT molecular complexity index is 1150. The van der Waals surface area contributed by atoms with Gasteiger partial charge in [-0.3, -0.25) is 4.79 Å². The average Bonchev–Trinajstić information content (AvgIpc) is 3.26. The van der Waals surface area contributed by atoms with Crippen LogP contribution in [0.2, 0.25) is 0 Å². The van der Waals surface area contributed by atoms with Crippen LogP contribution in [0.15, 0.2) is 66.1 Å². The number of imidazole rings is 1. The summed E-state index contributed by atoms with van der Waals surface area (Å²) in [6.07, 6.45) is 3.28. The molecular weight excluding hydrogens is 533 g/mol. The number of carbonyl (C=O) groups is 1. The zero-order valence-corrected chi connectivity index (χ0v) is 21.8. The topological polar surface area (TPSA) is 85.6 Å². The SMILES string of the molecule is Cn1ccnc1SC[C@H]1C[C@@H](c2ccc(CO)cc2)O[C@@H](c2cccc(NC(=O)C(Cl)(Cl)Cl)c2)O1. The number of thioether (sulfide) groups is 1. The van der Waals surface area contributed by atoms with Crippen molar-refractivity contribution in [1.29, 1.82) is 0 Å². The molecule has 1 saturated heterocycles. The number of anilines is 1. The number of nitrogens with one attached hydrogen (secondary N) is 1. The van der Waals surface area contributed by atoms with E-state index in [0.29, 0.717) is 17.9 Å². The lowest BCUT2D eigenvalue weighted by molar-refractivity contribution is -0.245. The smallest absolute Gasteiger partial charge is 0.276 e. The third kappa shape index (κ3) is 6.92. The molecule has 186 valence electrons. The molecule has 3 aromatic rings. The first-order valence-corrected chi connectivity index (χ1v) is 12.9. The fourth-order valence-electron chi connectivity index (χ4n) is 3.65. The van der Waals surface area contributed by atoms with E-state index in [4.69, 9.17) is 44.3 Å². The molecule has 0 radical (unpaired) electrons. The minimum atomic E-state index is -2.08. The molecule has 2 heterocycles. The van der Waals surface area contributed by atoms with Crippen LogP contribution in [0.5, 0.6) is 0 Å². The Morgan fingerprint density at radius 3 is 2.63 bits per heavy atom. The molecule has 0 bridgehead atoms. The minimum Gasteiger partial charge on any atom is -0.392 e. The second kappa shape index (κ2) is 11.5. The number of hydrogen-bond acceptors (Lipinski definition) is 6. The summed E-state index contributed by atoms with van der Waals surface area (Å²) in [6.45, 7) is -0.0207. The molecule has 35 heavy (non-hydrogen) atoms. The molecule has 1 aliphatic heterocycles. The molecule has 11 heteroatoms. The lowest BCUT2D eigenvalue weighted by Gasteiger charge is -2.36. The van der Waals surface area contributed by atoms with Crippen molar-refractivity contribution < 1.29 is 19.4 Å². The van der Waals surface area contributed by atoms with Crippen LogP contribution in [0.1, 0.15) is 35.5 Å². The maximum atomic E-state index is 12.1. The van der Waals surface area contributed by atoms with Gasteiger partial charge in [0.1, 0.15) is 0 Å². The molecule has 0 unspecified atom stereocenters. The standard InChI is InChI=1S/C24H24Cl3N3O4S/c1-30-10-9-28-23(30)35-14-19-12-20(16-7-5-15(13-31)6-8-16)34-21(33-19)17-3-2-4-18(11-17)29-22(32)24(25,26)27/h2-11,19-21,31H,12-14H2,1H3,(H,29,32)/t19-,20+,21+/m1/s1. The first kappa shape index (κ1) is 26.3. The molecule has 3 atom stereocenters. The van der Waals surface area contributed by atoms with Crippen LogP contribution in [-0.2, 0) is 27.9 Å². The monoisotopic (exact) mass is 555 g/mol. The van der Waals surface area contributed by atoms with Crippen molar-refractivity contribution in [1.82, 2.24) is 9.55 Å². The number of halogens is 3. The fraction of sp³-hybridized carbons (Fsp3) is 0.333. The molecule has 0 aliphatic carbocycles. The van der Waals surface area contributed by atoms with E-state index in [0.717, 1.165) is 21.8 Å². The van der Waals surface area contributed by atoms with Crippen molar-refractivity contribution in [2.45, 2.75) is 40.5 Å². The minimum absolute atomic E-state index is 0.0207. The molecular formula is C24H24Cl3N3O4S. The zero-order chi connectivity index (χ0) is 25.0. The highest BCUT2D eigenvalue weighted by atomic mass is 35.6. The highest BCUT2D eigenvalue weighted by Crippen LogP contribution is 2.40. The quantitative estimate of drug-likeness (QED) is 0.293. The summed E-state index contributed by atoms with van der Waals surface area (Å²) in [4.78, 5) is 16.5. The van der Waals surface area contributed by atoms with Gasteiger partial charge in [-0.1, -0.05) is 83.0 Å². The van der Waals surface area contributed by atoms with Gasteiger partial charge in [0.2, 0.25) is 0 Å². The van der Waals surface area contributed by atoms with Crippen LogP contribution in [0.25, 0.3) is 0 Å². The van der Waals surface area contributed by atoms with Gasteiger partial charge in [-0.05, 0) is 23.3 Å². The molecule has 1 aromatic heterocycles. The predicted molar refractivity (Wildman–Crippen MR) is 138 cm³/mol. The Morgan fingerprint density at radius 2 is 1.97 bits per heavy atom. The number of rotatable bonds is 7. The molecule has 2 aromatic carbocycles. The lowest BCUT2D eigenvalue weighted by Crippen LogP contribution is -2.31. The number of carbonyl (C=O) groups excluding carboxylic acids is 1. The van der Waals surface area contributed by atoms with Gasteiger partial charge in [0.15, 0.2) is 11.4 Å². The summed E-state index contributed by atoms with van der Waals surface area (Å²) < 4.78 is 12.6. The number of aryl methyl sites for hydroxylation is 1. The van der Waals surface area contributed by atoms with E-state index in [9.17, 15) is 9.90 Å². The number of aliphatic hydroxyl groups excluding tert-OH is 1. The van der Waals surface area contributed by atoms with E-state index < -0.39 is 16.0 Å². The summed E-state index contributed by atoms with van der Waals surface area (Å²) in [6, 6.07) is 14.7. The first-order valence-electron chi connectivity index (χ1n) is 10.8. The van der Waals surface area contributed by atoms with Crippen molar-refractivity contribution in [2.75, 3.05) is 11.1 Å². The largest absolute Gasteiger partial charge is 0.392 e. The van der Waals surface area contributed by atoms with Crippen LogP contribution in [0.3, 0.4) is 0 Å². The number of nitrogens with zero attached hydrogens (tertiary/aromatic N) is 2. The highest BCUT2D eigenvalue weighted by Gasteiger charge is 2.33. The zero-order valence-electron chi connectivity index (χ0n) is 18.7. The Hall–Kier alpha value is -1.78. The van der Waals surface area contributed by atoms with Gasteiger partial charge in [-0.25, -0.2) is 4.98 Å². The summed E-state index contributed by atoms with van der Waals surface area (Å²) >= 11 is 18.7. The highest BCUT2D eigenvalue weighted by molar-refractivity contribution is 7.99. The van der Waals surface area contributed by atoms with Crippen molar-refractivity contribution in [3.05, 3.63) is 77.6 Å². The maximum Gasteiger partial charge on any atom is 0.276 e. The summed E-state index contributed by atoms with van der Waals surface area (Å²) in [5.74, 6) is -0.0732. The number of benzene rings is 2. The second-order valence-corrected chi connectivity index (χ2v) is 11.3. The van der Waals surface area contributed by atoms with Crippen molar-refractivity contribution >= 4 is 58.2 Å².